The summed E-state index contributed by atoms with van der Waals surface area (Å²) in [5.41, 5.74) is 3.17. The molecule has 1 aliphatic carbocycles. The highest BCUT2D eigenvalue weighted by atomic mass is 16.2. The molecule has 13 heavy (non-hydrogen) atoms. The van der Waals surface area contributed by atoms with Crippen molar-refractivity contribution in [2.24, 2.45) is 11.8 Å². The summed E-state index contributed by atoms with van der Waals surface area (Å²) in [6.07, 6.45) is 4.63. The normalized spacial score (nSPS) is 33.2. The minimum Gasteiger partial charge on any atom is -0.278 e. The van der Waals surface area contributed by atoms with Gasteiger partial charge in [0.1, 0.15) is 0 Å². The number of nitrogens with zero attached hydrogens (tertiary/aromatic N) is 1. The van der Waals surface area contributed by atoms with Crippen molar-refractivity contribution in [3.63, 3.8) is 0 Å². The van der Waals surface area contributed by atoms with Crippen molar-refractivity contribution in [2.75, 3.05) is 13.1 Å². The molecule has 0 aromatic rings. The highest BCUT2D eigenvalue weighted by molar-refractivity contribution is 5.81. The first-order chi connectivity index (χ1) is 6.33. The van der Waals surface area contributed by atoms with Gasteiger partial charge in [-0.2, -0.15) is 0 Å². The van der Waals surface area contributed by atoms with Gasteiger partial charge >= 0.3 is 0 Å². The van der Waals surface area contributed by atoms with Gasteiger partial charge in [0.05, 0.1) is 0 Å². The topological polar surface area (TPSA) is 32.3 Å². The molecule has 1 N–H and O–H groups in total. The smallest absolute Gasteiger partial charge is 0.240 e. The van der Waals surface area contributed by atoms with Gasteiger partial charge < -0.3 is 0 Å². The van der Waals surface area contributed by atoms with E-state index in [1.807, 2.05) is 5.01 Å². The molecule has 1 amide bonds. The van der Waals surface area contributed by atoms with E-state index in [0.29, 0.717) is 17.7 Å². The van der Waals surface area contributed by atoms with Crippen molar-refractivity contribution < 1.29 is 4.79 Å². The quantitative estimate of drug-likeness (QED) is 0.695. The summed E-state index contributed by atoms with van der Waals surface area (Å²) in [5, 5.41) is 1.84. The third kappa shape index (κ3) is 1.85. The maximum absolute atomic E-state index is 11.8. The lowest BCUT2D eigenvalue weighted by atomic mass is 10.2. The van der Waals surface area contributed by atoms with Crippen molar-refractivity contribution >= 4 is 5.91 Å². The van der Waals surface area contributed by atoms with Crippen LogP contribution in [0, 0.1) is 11.8 Å². The molecule has 0 bridgehead atoms. The first-order valence-electron chi connectivity index (χ1n) is 5.37. The molecule has 1 aliphatic heterocycles. The van der Waals surface area contributed by atoms with Crippen molar-refractivity contribution in [3.8, 4) is 0 Å². The minimum atomic E-state index is 0.339. The lowest BCUT2D eigenvalue weighted by Gasteiger charge is -2.27. The zero-order valence-corrected chi connectivity index (χ0v) is 8.25. The van der Waals surface area contributed by atoms with E-state index in [4.69, 9.17) is 0 Å². The lowest BCUT2D eigenvalue weighted by molar-refractivity contribution is -0.137. The molecule has 1 heterocycles. The molecule has 0 spiro atoms. The fourth-order valence-corrected chi connectivity index (χ4v) is 2.08. The predicted molar refractivity (Wildman–Crippen MR) is 50.8 cm³/mol. The van der Waals surface area contributed by atoms with Crippen LogP contribution in [0.3, 0.4) is 0 Å². The Kier molecular flexibility index (Phi) is 2.54. The van der Waals surface area contributed by atoms with Gasteiger partial charge in [0.15, 0.2) is 0 Å². The molecule has 2 fully saturated rings. The number of hydrazine groups is 1. The van der Waals surface area contributed by atoms with E-state index in [2.05, 4.69) is 12.3 Å². The third-order valence-electron chi connectivity index (χ3n) is 3.14. The second kappa shape index (κ2) is 3.66. The molecule has 0 aromatic carbocycles. The van der Waals surface area contributed by atoms with Gasteiger partial charge in [-0.05, 0) is 25.2 Å². The Balaban J connectivity index is 1.83. The zero-order chi connectivity index (χ0) is 9.26. The Morgan fingerprint density at radius 1 is 1.54 bits per heavy atom. The van der Waals surface area contributed by atoms with Crippen molar-refractivity contribution in [1.82, 2.24) is 10.4 Å². The number of hydrogen-bond acceptors (Lipinski definition) is 2. The Labute approximate surface area is 79.5 Å². The van der Waals surface area contributed by atoms with E-state index in [1.54, 1.807) is 0 Å². The van der Waals surface area contributed by atoms with Gasteiger partial charge in [-0.3, -0.25) is 9.80 Å². The number of hydrogen-bond donors (Lipinski definition) is 1. The van der Waals surface area contributed by atoms with Crippen molar-refractivity contribution in [2.45, 2.75) is 32.6 Å². The van der Waals surface area contributed by atoms with Gasteiger partial charge in [-0.15, -0.1) is 0 Å². The molecule has 0 aromatic heterocycles. The maximum Gasteiger partial charge on any atom is 0.240 e. The van der Waals surface area contributed by atoms with Gasteiger partial charge in [-0.25, -0.2) is 5.43 Å². The van der Waals surface area contributed by atoms with Crippen LogP contribution in [0.25, 0.3) is 0 Å². The molecule has 0 radical (unpaired) electrons. The lowest BCUT2D eigenvalue weighted by Crippen LogP contribution is -2.47. The number of nitrogens with one attached hydrogen (secondary N) is 1. The second-order valence-electron chi connectivity index (χ2n) is 4.12. The molecule has 3 heteroatoms. The molecule has 1 saturated carbocycles. The van der Waals surface area contributed by atoms with Crippen molar-refractivity contribution in [1.29, 1.82) is 0 Å². The Bertz CT molecular complexity index is 199. The SMILES string of the molecule is CC[C@@H]1C[C@H]1C(=O)N1CCCCN1. The molecular weight excluding hydrogens is 164 g/mol. The Morgan fingerprint density at radius 3 is 2.92 bits per heavy atom. The summed E-state index contributed by atoms with van der Waals surface area (Å²) in [7, 11) is 0. The van der Waals surface area contributed by atoms with Crippen LogP contribution in [0.2, 0.25) is 0 Å². The van der Waals surface area contributed by atoms with E-state index in [0.717, 1.165) is 32.4 Å². The van der Waals surface area contributed by atoms with Gasteiger partial charge in [0.2, 0.25) is 5.91 Å². The Hall–Kier alpha value is -0.570. The number of carbonyl (C=O) groups excluding carboxylic acids is 1. The molecule has 3 nitrogen and oxygen atoms in total. The summed E-state index contributed by atoms with van der Waals surface area (Å²) in [6, 6.07) is 0. The van der Waals surface area contributed by atoms with Gasteiger partial charge in [-0.1, -0.05) is 13.3 Å². The number of carbonyl (C=O) groups is 1. The van der Waals surface area contributed by atoms with Crippen LogP contribution in [-0.4, -0.2) is 24.0 Å². The monoisotopic (exact) mass is 182 g/mol. The molecule has 1 saturated heterocycles. The fourth-order valence-electron chi connectivity index (χ4n) is 2.08. The minimum absolute atomic E-state index is 0.339. The highest BCUT2D eigenvalue weighted by Crippen LogP contribution is 2.42. The number of amides is 1. The van der Waals surface area contributed by atoms with Crippen LogP contribution in [0.4, 0.5) is 0 Å². The molecule has 2 aliphatic rings. The van der Waals surface area contributed by atoms with Crippen LogP contribution in [0.5, 0.6) is 0 Å². The first-order valence-corrected chi connectivity index (χ1v) is 5.37. The molecule has 2 atom stereocenters. The summed E-state index contributed by atoms with van der Waals surface area (Å²) in [4.78, 5) is 11.8. The van der Waals surface area contributed by atoms with Crippen molar-refractivity contribution in [3.05, 3.63) is 0 Å². The molecule has 74 valence electrons. The Morgan fingerprint density at radius 2 is 2.38 bits per heavy atom. The largest absolute Gasteiger partial charge is 0.278 e. The molecule has 2 rings (SSSR count). The van der Waals surface area contributed by atoms with Gasteiger partial charge in [0, 0.05) is 19.0 Å². The standard InChI is InChI=1S/C10H18N2O/c1-2-8-7-9(8)10(13)12-6-4-3-5-11-12/h8-9,11H,2-7H2,1H3/t8-,9-/m1/s1. The second-order valence-corrected chi connectivity index (χ2v) is 4.12. The van der Waals surface area contributed by atoms with E-state index in [9.17, 15) is 4.79 Å². The van der Waals surface area contributed by atoms with Crippen LogP contribution in [0.1, 0.15) is 32.6 Å². The third-order valence-corrected chi connectivity index (χ3v) is 3.14. The predicted octanol–water partition coefficient (Wildman–Crippen LogP) is 1.16. The van der Waals surface area contributed by atoms with Gasteiger partial charge in [0.25, 0.3) is 0 Å². The number of rotatable bonds is 2. The van der Waals surface area contributed by atoms with Crippen LogP contribution < -0.4 is 5.43 Å². The maximum atomic E-state index is 11.8. The van der Waals surface area contributed by atoms with E-state index in [1.165, 1.54) is 6.42 Å². The molecule has 0 unspecified atom stereocenters. The average Bonchev–Trinajstić information content (AvgIpc) is 2.97. The van der Waals surface area contributed by atoms with Crippen LogP contribution in [-0.2, 0) is 4.79 Å². The zero-order valence-electron chi connectivity index (χ0n) is 8.25. The summed E-state index contributed by atoms with van der Waals surface area (Å²) < 4.78 is 0. The summed E-state index contributed by atoms with van der Waals surface area (Å²) in [5.74, 6) is 1.36. The van der Waals surface area contributed by atoms with E-state index < -0.39 is 0 Å². The van der Waals surface area contributed by atoms with E-state index in [-0.39, 0.29) is 0 Å². The summed E-state index contributed by atoms with van der Waals surface area (Å²) >= 11 is 0. The van der Waals surface area contributed by atoms with Crippen LogP contribution in [0.15, 0.2) is 0 Å². The van der Waals surface area contributed by atoms with E-state index >= 15 is 0 Å². The fraction of sp³-hybridized carbons (Fsp3) is 0.900. The molecular formula is C10H18N2O. The van der Waals surface area contributed by atoms with Crippen LogP contribution >= 0.6 is 0 Å². The average molecular weight is 182 g/mol. The first kappa shape index (κ1) is 9.00. The summed E-state index contributed by atoms with van der Waals surface area (Å²) in [6.45, 7) is 4.04. The highest BCUT2D eigenvalue weighted by Gasteiger charge is 2.43.